The molecule has 1 fully saturated rings. The third-order valence-electron chi connectivity index (χ3n) is 6.14. The summed E-state index contributed by atoms with van der Waals surface area (Å²) >= 11 is 0. The molecule has 1 saturated heterocycles. The van der Waals surface area contributed by atoms with Crippen LogP contribution in [0.4, 0.5) is 0 Å². The maximum atomic E-state index is 12.7. The molecule has 1 aliphatic heterocycles. The van der Waals surface area contributed by atoms with Gasteiger partial charge in [0.05, 0.1) is 5.92 Å². The van der Waals surface area contributed by atoms with Crippen molar-refractivity contribution in [3.63, 3.8) is 0 Å². The van der Waals surface area contributed by atoms with Gasteiger partial charge in [-0.15, -0.1) is 0 Å². The summed E-state index contributed by atoms with van der Waals surface area (Å²) in [5, 5.41) is 0. The Kier molecular flexibility index (Phi) is 6.98. The van der Waals surface area contributed by atoms with Gasteiger partial charge in [-0.3, -0.25) is 14.4 Å². The molecule has 0 spiro atoms. The Morgan fingerprint density at radius 1 is 1.03 bits per heavy atom. The number of likely N-dealkylation sites (tertiary alicyclic amines) is 1. The molecule has 0 radical (unpaired) electrons. The minimum absolute atomic E-state index is 0.000560. The Hall–Kier alpha value is -2.89. The monoisotopic (exact) mass is 424 g/mol. The molecule has 1 amide bonds. The standard InChI is InChI=1S/C25H32N2O4/c1-16(2)27-18(4)14-22(19(27)5)23(28)15-31-25(30)20-10-12-26(13-11-20)24(29)21-9-7-6-8-17(21)3/h6-9,14,16,20H,10-13,15H2,1-5H3. The lowest BCUT2D eigenvalue weighted by atomic mass is 9.96. The number of carbonyl (C=O) groups is 3. The molecule has 0 N–H and O–H groups in total. The topological polar surface area (TPSA) is 68.6 Å². The molecule has 166 valence electrons. The summed E-state index contributed by atoms with van der Waals surface area (Å²) in [5.74, 6) is -0.813. The summed E-state index contributed by atoms with van der Waals surface area (Å²) in [7, 11) is 0. The zero-order valence-electron chi connectivity index (χ0n) is 19.1. The normalized spacial score (nSPS) is 14.7. The minimum atomic E-state index is -0.353. The van der Waals surface area contributed by atoms with E-state index in [2.05, 4.69) is 18.4 Å². The third-order valence-corrected chi connectivity index (χ3v) is 6.14. The van der Waals surface area contributed by atoms with Crippen molar-refractivity contribution in [2.24, 2.45) is 5.92 Å². The molecule has 0 atom stereocenters. The van der Waals surface area contributed by atoms with Crippen molar-refractivity contribution < 1.29 is 19.1 Å². The molecular formula is C25H32N2O4. The van der Waals surface area contributed by atoms with Crippen LogP contribution in [-0.4, -0.2) is 46.8 Å². The maximum Gasteiger partial charge on any atom is 0.309 e. The van der Waals surface area contributed by atoms with Gasteiger partial charge in [0.2, 0.25) is 5.78 Å². The molecule has 3 rings (SSSR count). The molecule has 0 aliphatic carbocycles. The van der Waals surface area contributed by atoms with Crippen molar-refractivity contribution >= 4 is 17.7 Å². The van der Waals surface area contributed by atoms with Crippen LogP contribution in [0.15, 0.2) is 30.3 Å². The number of rotatable bonds is 6. The molecule has 6 nitrogen and oxygen atoms in total. The average molecular weight is 425 g/mol. The third kappa shape index (κ3) is 4.89. The fourth-order valence-electron chi connectivity index (χ4n) is 4.49. The van der Waals surface area contributed by atoms with Crippen molar-refractivity contribution in [2.75, 3.05) is 19.7 Å². The van der Waals surface area contributed by atoms with Crippen LogP contribution < -0.4 is 0 Å². The summed E-state index contributed by atoms with van der Waals surface area (Å²) in [6.45, 7) is 10.7. The predicted molar refractivity (Wildman–Crippen MR) is 119 cm³/mol. The van der Waals surface area contributed by atoms with E-state index in [4.69, 9.17) is 4.74 Å². The van der Waals surface area contributed by atoms with E-state index in [1.54, 1.807) is 4.90 Å². The second-order valence-corrected chi connectivity index (χ2v) is 8.66. The van der Waals surface area contributed by atoms with Gasteiger partial charge >= 0.3 is 5.97 Å². The summed E-state index contributed by atoms with van der Waals surface area (Å²) in [6, 6.07) is 9.65. The molecule has 0 bridgehead atoms. The van der Waals surface area contributed by atoms with Crippen molar-refractivity contribution in [3.05, 3.63) is 58.4 Å². The Morgan fingerprint density at radius 3 is 2.26 bits per heavy atom. The highest BCUT2D eigenvalue weighted by molar-refractivity contribution is 5.99. The van der Waals surface area contributed by atoms with E-state index in [0.717, 1.165) is 17.0 Å². The molecule has 1 aromatic heterocycles. The highest BCUT2D eigenvalue weighted by Gasteiger charge is 2.30. The van der Waals surface area contributed by atoms with E-state index in [1.165, 1.54) is 0 Å². The molecule has 0 saturated carbocycles. The molecule has 2 heterocycles. The highest BCUT2D eigenvalue weighted by Crippen LogP contribution is 2.23. The first-order chi connectivity index (χ1) is 14.7. The lowest BCUT2D eigenvalue weighted by Gasteiger charge is -2.31. The van der Waals surface area contributed by atoms with Gasteiger partial charge in [-0.1, -0.05) is 18.2 Å². The number of esters is 1. The summed E-state index contributed by atoms with van der Waals surface area (Å²) in [6.07, 6.45) is 1.10. The van der Waals surface area contributed by atoms with E-state index in [0.29, 0.717) is 37.1 Å². The summed E-state index contributed by atoms with van der Waals surface area (Å²) in [4.78, 5) is 39.7. The number of benzene rings is 1. The van der Waals surface area contributed by atoms with Crippen molar-refractivity contribution in [1.29, 1.82) is 0 Å². The number of aromatic nitrogens is 1. The SMILES string of the molecule is Cc1ccccc1C(=O)N1CCC(C(=O)OCC(=O)c2cc(C)n(C(C)C)c2C)CC1. The Labute approximate surface area is 184 Å². The van der Waals surface area contributed by atoms with Gasteiger partial charge in [-0.2, -0.15) is 0 Å². The summed E-state index contributed by atoms with van der Waals surface area (Å²) < 4.78 is 7.47. The van der Waals surface area contributed by atoms with Crippen LogP contribution in [0.5, 0.6) is 0 Å². The van der Waals surface area contributed by atoms with Crippen LogP contribution in [0.1, 0.15) is 70.4 Å². The molecule has 6 heteroatoms. The van der Waals surface area contributed by atoms with E-state index in [-0.39, 0.29) is 36.2 Å². The predicted octanol–water partition coefficient (Wildman–Crippen LogP) is 4.27. The zero-order chi connectivity index (χ0) is 22.7. The van der Waals surface area contributed by atoms with Crippen molar-refractivity contribution in [3.8, 4) is 0 Å². The van der Waals surface area contributed by atoms with Crippen LogP contribution in [0, 0.1) is 26.7 Å². The first kappa shape index (κ1) is 22.8. The number of carbonyl (C=O) groups excluding carboxylic acids is 3. The second-order valence-electron chi connectivity index (χ2n) is 8.66. The Morgan fingerprint density at radius 2 is 1.68 bits per heavy atom. The molecule has 0 unspecified atom stereocenters. The number of piperidine rings is 1. The quantitative estimate of drug-likeness (QED) is 0.513. The first-order valence-corrected chi connectivity index (χ1v) is 10.9. The van der Waals surface area contributed by atoms with Gasteiger partial charge in [-0.25, -0.2) is 0 Å². The number of hydrogen-bond donors (Lipinski definition) is 0. The maximum absolute atomic E-state index is 12.7. The fourth-order valence-corrected chi connectivity index (χ4v) is 4.49. The molecule has 1 aromatic carbocycles. The van der Waals surface area contributed by atoms with Crippen molar-refractivity contribution in [1.82, 2.24) is 9.47 Å². The van der Waals surface area contributed by atoms with Gasteiger partial charge in [0.15, 0.2) is 6.61 Å². The van der Waals surface area contributed by atoms with Crippen LogP contribution in [0.3, 0.4) is 0 Å². The molecular weight excluding hydrogens is 392 g/mol. The van der Waals surface area contributed by atoms with Crippen molar-refractivity contribution in [2.45, 2.75) is 53.5 Å². The van der Waals surface area contributed by atoms with E-state index in [9.17, 15) is 14.4 Å². The first-order valence-electron chi connectivity index (χ1n) is 10.9. The molecule has 31 heavy (non-hydrogen) atoms. The smallest absolute Gasteiger partial charge is 0.309 e. The van der Waals surface area contributed by atoms with Crippen LogP contribution in [0.2, 0.25) is 0 Å². The van der Waals surface area contributed by atoms with Crippen LogP contribution in [-0.2, 0) is 9.53 Å². The highest BCUT2D eigenvalue weighted by atomic mass is 16.5. The number of nitrogens with zero attached hydrogens (tertiary/aromatic N) is 2. The molecule has 1 aliphatic rings. The largest absolute Gasteiger partial charge is 0.457 e. The van der Waals surface area contributed by atoms with E-state index >= 15 is 0 Å². The zero-order valence-corrected chi connectivity index (χ0v) is 19.1. The Balaban J connectivity index is 1.53. The van der Waals surface area contributed by atoms with Gasteiger partial charge in [0.25, 0.3) is 5.91 Å². The minimum Gasteiger partial charge on any atom is -0.457 e. The number of Topliss-reactive ketones (excluding diaryl/α,β-unsaturated/α-hetero) is 1. The second kappa shape index (κ2) is 9.50. The fraction of sp³-hybridized carbons (Fsp3) is 0.480. The lowest BCUT2D eigenvalue weighted by molar-refractivity contribution is -0.148. The van der Waals surface area contributed by atoms with Gasteiger partial charge in [-0.05, 0) is 65.2 Å². The number of ether oxygens (including phenoxy) is 1. The molecule has 2 aromatic rings. The van der Waals surface area contributed by atoms with Crippen LogP contribution >= 0.6 is 0 Å². The van der Waals surface area contributed by atoms with E-state index < -0.39 is 0 Å². The van der Waals surface area contributed by atoms with E-state index in [1.807, 2.05) is 51.1 Å². The van der Waals surface area contributed by atoms with Gasteiger partial charge in [0.1, 0.15) is 0 Å². The van der Waals surface area contributed by atoms with Gasteiger partial charge < -0.3 is 14.2 Å². The number of ketones is 1. The van der Waals surface area contributed by atoms with Crippen LogP contribution in [0.25, 0.3) is 0 Å². The summed E-state index contributed by atoms with van der Waals surface area (Å²) in [5.41, 5.74) is 4.18. The Bertz CT molecular complexity index is 981. The number of amides is 1. The lowest BCUT2D eigenvalue weighted by Crippen LogP contribution is -2.41. The number of aryl methyl sites for hydroxylation is 2. The average Bonchev–Trinajstić information content (AvgIpc) is 3.06. The van der Waals surface area contributed by atoms with Gasteiger partial charge in [0, 0.05) is 41.6 Å². The number of hydrogen-bond acceptors (Lipinski definition) is 4.